The Hall–Kier alpha value is -0.240. The van der Waals surface area contributed by atoms with Crippen molar-refractivity contribution in [2.24, 2.45) is 11.8 Å². The predicted octanol–water partition coefficient (Wildman–Crippen LogP) is 5.34. The van der Waals surface area contributed by atoms with Crippen molar-refractivity contribution in [2.45, 2.75) is 52.0 Å². The van der Waals surface area contributed by atoms with E-state index in [1.807, 2.05) is 12.1 Å². The van der Waals surface area contributed by atoms with Crippen LogP contribution >= 0.6 is 23.2 Å². The van der Waals surface area contributed by atoms with Gasteiger partial charge in [-0.2, -0.15) is 0 Å². The van der Waals surface area contributed by atoms with Gasteiger partial charge in [0.2, 0.25) is 0 Å². The van der Waals surface area contributed by atoms with Crippen LogP contribution in [0.4, 0.5) is 0 Å². The zero-order chi connectivity index (χ0) is 14.5. The van der Waals surface area contributed by atoms with Crippen molar-refractivity contribution < 1.29 is 0 Å². The highest BCUT2D eigenvalue weighted by Crippen LogP contribution is 2.34. The summed E-state index contributed by atoms with van der Waals surface area (Å²) in [6.45, 7) is 5.67. The number of benzene rings is 1. The summed E-state index contributed by atoms with van der Waals surface area (Å²) >= 11 is 12.3. The molecule has 1 fully saturated rings. The Balaban J connectivity index is 2.06. The lowest BCUT2D eigenvalue weighted by atomic mass is 9.91. The molecule has 0 aromatic heterocycles. The van der Waals surface area contributed by atoms with E-state index >= 15 is 0 Å². The van der Waals surface area contributed by atoms with Gasteiger partial charge in [-0.1, -0.05) is 49.5 Å². The first-order valence-corrected chi connectivity index (χ1v) is 8.53. The Labute approximate surface area is 133 Å². The van der Waals surface area contributed by atoms with Crippen molar-refractivity contribution >= 4 is 23.2 Å². The lowest BCUT2D eigenvalue weighted by Gasteiger charge is -2.25. The van der Waals surface area contributed by atoms with Crippen LogP contribution in [0.15, 0.2) is 18.2 Å². The van der Waals surface area contributed by atoms with Gasteiger partial charge < -0.3 is 5.32 Å². The Kier molecular flexibility index (Phi) is 6.20. The SMILES string of the molecule is CCCNC(Cc1ccc(Cl)cc1Cl)C1CCC(C)C1. The fourth-order valence-corrected chi connectivity index (χ4v) is 3.76. The van der Waals surface area contributed by atoms with Gasteiger partial charge >= 0.3 is 0 Å². The third-order valence-corrected chi connectivity index (χ3v) is 5.00. The molecule has 112 valence electrons. The highest BCUT2D eigenvalue weighted by atomic mass is 35.5. The summed E-state index contributed by atoms with van der Waals surface area (Å²) in [6, 6.07) is 6.41. The van der Waals surface area contributed by atoms with Crippen molar-refractivity contribution in [1.82, 2.24) is 5.32 Å². The molecule has 1 saturated carbocycles. The van der Waals surface area contributed by atoms with Crippen LogP contribution in [0, 0.1) is 11.8 Å². The molecule has 0 heterocycles. The van der Waals surface area contributed by atoms with E-state index in [1.54, 1.807) is 0 Å². The normalized spacial score (nSPS) is 24.0. The van der Waals surface area contributed by atoms with Gasteiger partial charge in [0, 0.05) is 16.1 Å². The highest BCUT2D eigenvalue weighted by Gasteiger charge is 2.28. The number of hydrogen-bond acceptors (Lipinski definition) is 1. The minimum Gasteiger partial charge on any atom is -0.313 e. The molecule has 0 amide bonds. The fourth-order valence-electron chi connectivity index (χ4n) is 3.28. The number of nitrogens with one attached hydrogen (secondary N) is 1. The van der Waals surface area contributed by atoms with E-state index in [2.05, 4.69) is 25.2 Å². The lowest BCUT2D eigenvalue weighted by molar-refractivity contribution is 0.348. The van der Waals surface area contributed by atoms with Crippen LogP contribution in [-0.2, 0) is 6.42 Å². The highest BCUT2D eigenvalue weighted by molar-refractivity contribution is 6.35. The maximum atomic E-state index is 6.33. The summed E-state index contributed by atoms with van der Waals surface area (Å²) in [4.78, 5) is 0. The van der Waals surface area contributed by atoms with Crippen molar-refractivity contribution in [3.8, 4) is 0 Å². The molecular weight excluding hydrogens is 289 g/mol. The topological polar surface area (TPSA) is 12.0 Å². The number of halogens is 2. The molecule has 1 aromatic carbocycles. The largest absolute Gasteiger partial charge is 0.313 e. The van der Waals surface area contributed by atoms with Crippen molar-refractivity contribution in [2.75, 3.05) is 6.54 Å². The standard InChI is InChI=1S/C17H25Cl2N/c1-3-8-20-17(14-5-4-12(2)9-14)10-13-6-7-15(18)11-16(13)19/h6-7,11-12,14,17,20H,3-5,8-10H2,1-2H3. The Morgan fingerprint density at radius 1 is 1.30 bits per heavy atom. The van der Waals surface area contributed by atoms with Crippen LogP contribution in [0.25, 0.3) is 0 Å². The monoisotopic (exact) mass is 313 g/mol. The van der Waals surface area contributed by atoms with Gasteiger partial charge in [0.25, 0.3) is 0 Å². The van der Waals surface area contributed by atoms with Gasteiger partial charge in [-0.15, -0.1) is 0 Å². The second kappa shape index (κ2) is 7.68. The average Bonchev–Trinajstić information content (AvgIpc) is 2.83. The summed E-state index contributed by atoms with van der Waals surface area (Å²) in [6.07, 6.45) is 6.23. The van der Waals surface area contributed by atoms with Crippen LogP contribution < -0.4 is 5.32 Å². The van der Waals surface area contributed by atoms with Gasteiger partial charge in [-0.25, -0.2) is 0 Å². The predicted molar refractivity (Wildman–Crippen MR) is 88.8 cm³/mol. The first-order valence-electron chi connectivity index (χ1n) is 7.77. The minimum absolute atomic E-state index is 0.540. The zero-order valence-electron chi connectivity index (χ0n) is 12.5. The summed E-state index contributed by atoms with van der Waals surface area (Å²) < 4.78 is 0. The molecule has 1 aliphatic rings. The van der Waals surface area contributed by atoms with E-state index in [0.29, 0.717) is 11.1 Å². The fraction of sp³-hybridized carbons (Fsp3) is 0.647. The second-order valence-corrected chi connectivity index (χ2v) is 7.02. The smallest absolute Gasteiger partial charge is 0.0453 e. The molecule has 1 N–H and O–H groups in total. The molecule has 1 aliphatic carbocycles. The summed E-state index contributed by atoms with van der Waals surface area (Å²) in [5, 5.41) is 5.24. The molecule has 3 unspecified atom stereocenters. The zero-order valence-corrected chi connectivity index (χ0v) is 14.0. The van der Waals surface area contributed by atoms with Gasteiger partial charge in [0.15, 0.2) is 0 Å². The molecule has 0 saturated heterocycles. The summed E-state index contributed by atoms with van der Waals surface area (Å²) in [5.41, 5.74) is 1.21. The van der Waals surface area contributed by atoms with Crippen LogP contribution in [-0.4, -0.2) is 12.6 Å². The second-order valence-electron chi connectivity index (χ2n) is 6.18. The Morgan fingerprint density at radius 3 is 2.70 bits per heavy atom. The molecule has 0 aliphatic heterocycles. The van der Waals surface area contributed by atoms with E-state index in [1.165, 1.54) is 31.2 Å². The van der Waals surface area contributed by atoms with Crippen LogP contribution in [0.5, 0.6) is 0 Å². The molecular formula is C17H25Cl2N. The molecule has 1 aromatic rings. The molecule has 3 heteroatoms. The van der Waals surface area contributed by atoms with Crippen molar-refractivity contribution in [3.05, 3.63) is 33.8 Å². The maximum Gasteiger partial charge on any atom is 0.0453 e. The van der Waals surface area contributed by atoms with Gasteiger partial charge in [0.1, 0.15) is 0 Å². The third kappa shape index (κ3) is 4.38. The first kappa shape index (κ1) is 16.1. The van der Waals surface area contributed by atoms with Crippen LogP contribution in [0.1, 0.15) is 45.1 Å². The van der Waals surface area contributed by atoms with E-state index in [-0.39, 0.29) is 0 Å². The molecule has 0 bridgehead atoms. The van der Waals surface area contributed by atoms with Crippen LogP contribution in [0.3, 0.4) is 0 Å². The summed E-state index contributed by atoms with van der Waals surface area (Å²) in [5.74, 6) is 1.65. The summed E-state index contributed by atoms with van der Waals surface area (Å²) in [7, 11) is 0. The maximum absolute atomic E-state index is 6.33. The van der Waals surface area contributed by atoms with Gasteiger partial charge in [-0.3, -0.25) is 0 Å². The van der Waals surface area contributed by atoms with E-state index < -0.39 is 0 Å². The molecule has 3 atom stereocenters. The molecule has 0 radical (unpaired) electrons. The molecule has 0 spiro atoms. The van der Waals surface area contributed by atoms with E-state index in [9.17, 15) is 0 Å². The van der Waals surface area contributed by atoms with Crippen LogP contribution in [0.2, 0.25) is 10.0 Å². The van der Waals surface area contributed by atoms with Gasteiger partial charge in [-0.05, 0) is 61.8 Å². The van der Waals surface area contributed by atoms with E-state index in [0.717, 1.165) is 29.8 Å². The minimum atomic E-state index is 0.540. The number of rotatable bonds is 6. The average molecular weight is 314 g/mol. The quantitative estimate of drug-likeness (QED) is 0.747. The molecule has 20 heavy (non-hydrogen) atoms. The Morgan fingerprint density at radius 2 is 2.10 bits per heavy atom. The Bertz CT molecular complexity index is 433. The van der Waals surface area contributed by atoms with Gasteiger partial charge in [0.05, 0.1) is 0 Å². The number of hydrogen-bond donors (Lipinski definition) is 1. The lowest BCUT2D eigenvalue weighted by Crippen LogP contribution is -2.37. The third-order valence-electron chi connectivity index (χ3n) is 4.42. The van der Waals surface area contributed by atoms with Crippen molar-refractivity contribution in [3.63, 3.8) is 0 Å². The van der Waals surface area contributed by atoms with E-state index in [4.69, 9.17) is 23.2 Å². The molecule has 2 rings (SSSR count). The van der Waals surface area contributed by atoms with Crippen molar-refractivity contribution in [1.29, 1.82) is 0 Å². The first-order chi connectivity index (χ1) is 9.60. The molecule has 1 nitrogen and oxygen atoms in total.